The second-order valence-electron chi connectivity index (χ2n) is 3.56. The summed E-state index contributed by atoms with van der Waals surface area (Å²) in [4.78, 5) is 0. The first kappa shape index (κ1) is 13.5. The normalized spacial score (nSPS) is 25.2. The number of aliphatic hydroxyl groups is 4. The molecule has 8 nitrogen and oxygen atoms in total. The molecule has 4 atom stereocenters. The van der Waals surface area contributed by atoms with Crippen LogP contribution in [0.1, 0.15) is 6.92 Å². The van der Waals surface area contributed by atoms with Crippen LogP contribution < -0.4 is 21.7 Å². The molecule has 1 heterocycles. The lowest BCUT2D eigenvalue weighted by Crippen LogP contribution is -2.71. The Kier molecular flexibility index (Phi) is 4.80. The maximum absolute atomic E-state index is 9.68. The molecule has 0 bridgehead atoms. The van der Waals surface area contributed by atoms with Crippen molar-refractivity contribution < 1.29 is 20.4 Å². The van der Waals surface area contributed by atoms with Crippen molar-refractivity contribution in [3.8, 4) is 0 Å². The van der Waals surface area contributed by atoms with Gasteiger partial charge in [-0.15, -0.1) is 0 Å². The zero-order valence-electron chi connectivity index (χ0n) is 8.58. The van der Waals surface area contributed by atoms with Crippen molar-refractivity contribution in [3.63, 3.8) is 0 Å². The minimum atomic E-state index is -1.50. The standard InChI is InChI=1S/C7H16N4O4S/c1-2(12)3(13)4(14)5(15)6-8-10-7(16)11-9-6/h2-6,8-9,12-15H,1H3,(H2,10,11,16)/t2-,3-,4+,5-/m0/s1. The molecule has 94 valence electrons. The van der Waals surface area contributed by atoms with E-state index in [9.17, 15) is 15.3 Å². The highest BCUT2D eigenvalue weighted by molar-refractivity contribution is 7.80. The van der Waals surface area contributed by atoms with Crippen LogP contribution in [-0.2, 0) is 0 Å². The summed E-state index contributed by atoms with van der Waals surface area (Å²) in [6, 6.07) is 0. The van der Waals surface area contributed by atoms with Gasteiger partial charge in [-0.1, -0.05) is 0 Å². The second kappa shape index (κ2) is 5.68. The lowest BCUT2D eigenvalue weighted by molar-refractivity contribution is -0.113. The Hall–Kier alpha value is -0.550. The highest BCUT2D eigenvalue weighted by atomic mass is 32.1. The van der Waals surface area contributed by atoms with Gasteiger partial charge >= 0.3 is 0 Å². The summed E-state index contributed by atoms with van der Waals surface area (Å²) in [5.41, 5.74) is 10.2. The Bertz CT molecular complexity index is 245. The molecule has 0 unspecified atom stereocenters. The van der Waals surface area contributed by atoms with Crippen molar-refractivity contribution in [1.29, 1.82) is 0 Å². The van der Waals surface area contributed by atoms with E-state index in [0.29, 0.717) is 0 Å². The van der Waals surface area contributed by atoms with Crippen LogP contribution in [0.5, 0.6) is 0 Å². The minimum Gasteiger partial charge on any atom is -0.391 e. The molecular weight excluding hydrogens is 236 g/mol. The first-order valence-corrected chi connectivity index (χ1v) is 5.13. The Morgan fingerprint density at radius 1 is 1.06 bits per heavy atom. The van der Waals surface area contributed by atoms with Gasteiger partial charge in [0.2, 0.25) is 0 Å². The lowest BCUT2D eigenvalue weighted by atomic mass is 10.0. The quantitative estimate of drug-likeness (QED) is 0.238. The van der Waals surface area contributed by atoms with E-state index in [0.717, 1.165) is 0 Å². The number of aliphatic hydroxyl groups excluding tert-OH is 4. The summed E-state index contributed by atoms with van der Waals surface area (Å²) in [5.74, 6) is 0. The number of thiocarbonyl (C=S) groups is 1. The van der Waals surface area contributed by atoms with Crippen LogP contribution in [0.2, 0.25) is 0 Å². The Balaban J connectivity index is 2.50. The molecule has 1 fully saturated rings. The van der Waals surface area contributed by atoms with E-state index in [1.54, 1.807) is 0 Å². The maximum atomic E-state index is 9.68. The van der Waals surface area contributed by atoms with Crippen LogP contribution >= 0.6 is 12.2 Å². The molecule has 1 rings (SSSR count). The molecule has 0 saturated carbocycles. The Morgan fingerprint density at radius 3 is 2.00 bits per heavy atom. The predicted molar refractivity (Wildman–Crippen MR) is 58.6 cm³/mol. The average molecular weight is 252 g/mol. The van der Waals surface area contributed by atoms with Gasteiger partial charge in [-0.25, -0.2) is 10.9 Å². The molecule has 0 amide bonds. The summed E-state index contributed by atoms with van der Waals surface area (Å²) < 4.78 is 0. The molecule has 0 radical (unpaired) electrons. The van der Waals surface area contributed by atoms with Gasteiger partial charge in [-0.05, 0) is 19.1 Å². The van der Waals surface area contributed by atoms with Gasteiger partial charge in [0.25, 0.3) is 0 Å². The van der Waals surface area contributed by atoms with E-state index in [4.69, 9.17) is 17.3 Å². The van der Waals surface area contributed by atoms with Gasteiger partial charge in [0.05, 0.1) is 6.10 Å². The largest absolute Gasteiger partial charge is 0.391 e. The van der Waals surface area contributed by atoms with Crippen LogP contribution in [0.15, 0.2) is 0 Å². The maximum Gasteiger partial charge on any atom is 0.195 e. The molecule has 0 aromatic carbocycles. The van der Waals surface area contributed by atoms with E-state index in [1.807, 2.05) is 0 Å². The van der Waals surface area contributed by atoms with E-state index in [1.165, 1.54) is 6.92 Å². The molecule has 0 spiro atoms. The van der Waals surface area contributed by atoms with Crippen molar-refractivity contribution in [2.75, 3.05) is 0 Å². The SMILES string of the molecule is C[C@H](O)[C@H](O)[C@@H](O)[C@H](O)C1NNC(=S)NN1. The fraction of sp³-hybridized carbons (Fsp3) is 0.857. The Labute approximate surface area is 97.6 Å². The fourth-order valence-electron chi connectivity index (χ4n) is 1.21. The van der Waals surface area contributed by atoms with E-state index in [-0.39, 0.29) is 5.11 Å². The molecule has 16 heavy (non-hydrogen) atoms. The van der Waals surface area contributed by atoms with Crippen molar-refractivity contribution >= 4 is 17.3 Å². The number of hydrogen-bond donors (Lipinski definition) is 8. The lowest BCUT2D eigenvalue weighted by Gasteiger charge is -2.34. The second-order valence-corrected chi connectivity index (χ2v) is 3.97. The van der Waals surface area contributed by atoms with Crippen molar-refractivity contribution in [2.24, 2.45) is 0 Å². The van der Waals surface area contributed by atoms with E-state index < -0.39 is 30.6 Å². The van der Waals surface area contributed by atoms with Crippen molar-refractivity contribution in [3.05, 3.63) is 0 Å². The van der Waals surface area contributed by atoms with Gasteiger partial charge in [-0.2, -0.15) is 0 Å². The third-order valence-electron chi connectivity index (χ3n) is 2.22. The van der Waals surface area contributed by atoms with Gasteiger partial charge in [-0.3, -0.25) is 10.9 Å². The number of hydrogen-bond acceptors (Lipinski definition) is 7. The van der Waals surface area contributed by atoms with Crippen molar-refractivity contribution in [2.45, 2.75) is 37.5 Å². The summed E-state index contributed by atoms with van der Waals surface area (Å²) in [7, 11) is 0. The van der Waals surface area contributed by atoms with Crippen LogP contribution in [0, 0.1) is 0 Å². The molecule has 0 aliphatic carbocycles. The molecule has 0 aromatic rings. The third-order valence-corrected chi connectivity index (χ3v) is 2.42. The fourth-order valence-corrected chi connectivity index (χ4v) is 1.33. The molecule has 1 aliphatic rings. The third kappa shape index (κ3) is 3.22. The van der Waals surface area contributed by atoms with Gasteiger partial charge in [0, 0.05) is 0 Å². The summed E-state index contributed by atoms with van der Waals surface area (Å²) in [6.07, 6.45) is -6.19. The van der Waals surface area contributed by atoms with Crippen molar-refractivity contribution in [1.82, 2.24) is 21.7 Å². The molecule has 9 heteroatoms. The van der Waals surface area contributed by atoms with E-state index in [2.05, 4.69) is 21.7 Å². The molecular formula is C7H16N4O4S. The topological polar surface area (TPSA) is 129 Å². The van der Waals surface area contributed by atoms with E-state index >= 15 is 0 Å². The summed E-state index contributed by atoms with van der Waals surface area (Å²) in [6.45, 7) is 1.31. The molecule has 0 aromatic heterocycles. The molecule has 1 aliphatic heterocycles. The average Bonchev–Trinajstić information content (AvgIpc) is 2.27. The smallest absolute Gasteiger partial charge is 0.195 e. The minimum absolute atomic E-state index is 0.286. The number of rotatable bonds is 4. The van der Waals surface area contributed by atoms with Gasteiger partial charge in [0.1, 0.15) is 24.5 Å². The summed E-state index contributed by atoms with van der Waals surface area (Å²) >= 11 is 4.72. The van der Waals surface area contributed by atoms with Crippen LogP contribution in [0.4, 0.5) is 0 Å². The van der Waals surface area contributed by atoms with Crippen LogP contribution in [-0.4, -0.2) is 56.1 Å². The Morgan fingerprint density at radius 2 is 1.56 bits per heavy atom. The number of nitrogens with one attached hydrogen (secondary N) is 4. The van der Waals surface area contributed by atoms with Gasteiger partial charge < -0.3 is 20.4 Å². The number of hydrazine groups is 2. The monoisotopic (exact) mass is 252 g/mol. The summed E-state index contributed by atoms with van der Waals surface area (Å²) in [5, 5.41) is 37.9. The highest BCUT2D eigenvalue weighted by Gasteiger charge is 2.34. The first-order chi connectivity index (χ1) is 7.43. The molecule has 8 N–H and O–H groups in total. The zero-order chi connectivity index (χ0) is 12.3. The predicted octanol–water partition coefficient (Wildman–Crippen LogP) is -3.74. The highest BCUT2D eigenvalue weighted by Crippen LogP contribution is 2.07. The van der Waals surface area contributed by atoms with Gasteiger partial charge in [0.15, 0.2) is 5.11 Å². The van der Waals surface area contributed by atoms with Crippen LogP contribution in [0.25, 0.3) is 0 Å². The first-order valence-electron chi connectivity index (χ1n) is 4.72. The zero-order valence-corrected chi connectivity index (χ0v) is 9.40. The van der Waals surface area contributed by atoms with Crippen LogP contribution in [0.3, 0.4) is 0 Å². The molecule has 1 saturated heterocycles.